The van der Waals surface area contributed by atoms with Crippen molar-refractivity contribution in [2.24, 2.45) is 11.8 Å². The molecule has 0 unspecified atom stereocenters. The van der Waals surface area contributed by atoms with Crippen molar-refractivity contribution >= 4 is 5.91 Å². The maximum Gasteiger partial charge on any atom is 0.219 e. The molecule has 2 fully saturated rings. The highest BCUT2D eigenvalue weighted by Crippen LogP contribution is 2.45. The van der Waals surface area contributed by atoms with Crippen LogP contribution in [-0.2, 0) is 11.3 Å². The Morgan fingerprint density at radius 2 is 1.82 bits per heavy atom. The second kappa shape index (κ2) is 7.84. The predicted molar refractivity (Wildman–Crippen MR) is 108 cm³/mol. The van der Waals surface area contributed by atoms with Crippen LogP contribution in [0.5, 0.6) is 11.5 Å². The van der Waals surface area contributed by atoms with E-state index in [0.29, 0.717) is 11.8 Å². The molecule has 2 saturated heterocycles. The molecule has 2 aliphatic rings. The first-order chi connectivity index (χ1) is 13.6. The minimum absolute atomic E-state index is 0.168. The van der Waals surface area contributed by atoms with Crippen molar-refractivity contribution in [1.29, 1.82) is 0 Å². The molecular weight excluding hydrogens is 352 g/mol. The Balaban J connectivity index is 1.55. The van der Waals surface area contributed by atoms with Crippen LogP contribution in [0.1, 0.15) is 24.1 Å². The smallest absolute Gasteiger partial charge is 0.219 e. The number of ether oxygens (including phenoxy) is 2. The molecule has 2 heterocycles. The van der Waals surface area contributed by atoms with E-state index in [-0.39, 0.29) is 11.9 Å². The third-order valence-corrected chi connectivity index (χ3v) is 6.17. The number of methoxy groups -OCH3 is 2. The molecule has 2 aliphatic heterocycles. The Labute approximate surface area is 166 Å². The van der Waals surface area contributed by atoms with Gasteiger partial charge in [0.1, 0.15) is 11.5 Å². The van der Waals surface area contributed by atoms with Crippen molar-refractivity contribution in [3.8, 4) is 11.5 Å². The summed E-state index contributed by atoms with van der Waals surface area (Å²) in [5.41, 5.74) is 2.38. The predicted octanol–water partition coefficient (Wildman–Crippen LogP) is 3.36. The Bertz CT molecular complexity index is 839. The van der Waals surface area contributed by atoms with Crippen molar-refractivity contribution in [3.05, 3.63) is 59.7 Å². The molecule has 2 aromatic carbocycles. The number of benzene rings is 2. The van der Waals surface area contributed by atoms with E-state index in [1.807, 2.05) is 18.2 Å². The lowest BCUT2D eigenvalue weighted by atomic mass is 9.89. The van der Waals surface area contributed by atoms with E-state index in [4.69, 9.17) is 9.47 Å². The van der Waals surface area contributed by atoms with E-state index in [9.17, 15) is 4.79 Å². The van der Waals surface area contributed by atoms with Gasteiger partial charge >= 0.3 is 0 Å². The van der Waals surface area contributed by atoms with Gasteiger partial charge in [0.25, 0.3) is 0 Å². The van der Waals surface area contributed by atoms with Crippen LogP contribution in [0.15, 0.2) is 48.5 Å². The zero-order valence-electron chi connectivity index (χ0n) is 16.8. The van der Waals surface area contributed by atoms with Crippen molar-refractivity contribution in [2.45, 2.75) is 19.5 Å². The molecule has 148 valence electrons. The fourth-order valence-electron chi connectivity index (χ4n) is 4.91. The molecule has 0 saturated carbocycles. The number of nitrogens with zero attached hydrogens (tertiary/aromatic N) is 2. The SMILES string of the molecule is COc1ccc(OC)c(CN2C[C@@H]3CN(C(C)=O)[C@@H](c4ccccc4)[C@@H]3C2)c1. The van der Waals surface area contributed by atoms with Gasteiger partial charge in [-0.25, -0.2) is 0 Å². The fourth-order valence-corrected chi connectivity index (χ4v) is 4.91. The number of fused-ring (bicyclic) bond motifs is 1. The molecule has 0 N–H and O–H groups in total. The first-order valence-electron chi connectivity index (χ1n) is 9.86. The highest BCUT2D eigenvalue weighted by Gasteiger charge is 2.48. The van der Waals surface area contributed by atoms with Crippen molar-refractivity contribution in [2.75, 3.05) is 33.9 Å². The van der Waals surface area contributed by atoms with Gasteiger partial charge in [0.15, 0.2) is 0 Å². The van der Waals surface area contributed by atoms with Gasteiger partial charge in [-0.15, -0.1) is 0 Å². The lowest BCUT2D eigenvalue weighted by Crippen LogP contribution is -2.34. The third kappa shape index (κ3) is 3.47. The van der Waals surface area contributed by atoms with Gasteiger partial charge in [-0.2, -0.15) is 0 Å². The molecule has 0 spiro atoms. The number of carbonyl (C=O) groups excluding carboxylic acids is 1. The largest absolute Gasteiger partial charge is 0.497 e. The zero-order chi connectivity index (χ0) is 19.7. The maximum atomic E-state index is 12.3. The second-order valence-corrected chi connectivity index (χ2v) is 7.82. The lowest BCUT2D eigenvalue weighted by Gasteiger charge is -2.29. The summed E-state index contributed by atoms with van der Waals surface area (Å²) < 4.78 is 10.9. The molecule has 0 bridgehead atoms. The Hall–Kier alpha value is -2.53. The number of carbonyl (C=O) groups is 1. The van der Waals surface area contributed by atoms with Gasteiger partial charge in [-0.05, 0) is 29.7 Å². The second-order valence-electron chi connectivity index (χ2n) is 7.82. The van der Waals surface area contributed by atoms with Crippen LogP contribution in [0, 0.1) is 11.8 Å². The van der Waals surface area contributed by atoms with Crippen molar-refractivity contribution in [3.63, 3.8) is 0 Å². The normalized spacial score (nSPS) is 24.2. The third-order valence-electron chi connectivity index (χ3n) is 6.17. The monoisotopic (exact) mass is 380 g/mol. The number of hydrogen-bond donors (Lipinski definition) is 0. The van der Waals surface area contributed by atoms with Crippen LogP contribution >= 0.6 is 0 Å². The average Bonchev–Trinajstić information content (AvgIpc) is 3.25. The molecular formula is C23H28N2O3. The van der Waals surface area contributed by atoms with Crippen molar-refractivity contribution < 1.29 is 14.3 Å². The Morgan fingerprint density at radius 3 is 2.50 bits per heavy atom. The van der Waals surface area contributed by atoms with Crippen LogP contribution in [0.4, 0.5) is 0 Å². The van der Waals surface area contributed by atoms with Crippen LogP contribution < -0.4 is 9.47 Å². The summed E-state index contributed by atoms with van der Waals surface area (Å²) in [7, 11) is 3.40. The van der Waals surface area contributed by atoms with Gasteiger partial charge in [0.05, 0.1) is 20.3 Å². The van der Waals surface area contributed by atoms with E-state index in [2.05, 4.69) is 40.1 Å². The Kier molecular flexibility index (Phi) is 5.27. The fraction of sp³-hybridized carbons (Fsp3) is 0.435. The molecule has 28 heavy (non-hydrogen) atoms. The van der Waals surface area contributed by atoms with E-state index < -0.39 is 0 Å². The van der Waals surface area contributed by atoms with E-state index in [1.165, 1.54) is 5.56 Å². The number of rotatable bonds is 5. The molecule has 5 nitrogen and oxygen atoms in total. The average molecular weight is 380 g/mol. The summed E-state index contributed by atoms with van der Waals surface area (Å²) in [6.07, 6.45) is 0. The molecule has 0 radical (unpaired) electrons. The van der Waals surface area contributed by atoms with Crippen LogP contribution in [-0.4, -0.2) is 49.6 Å². The summed E-state index contributed by atoms with van der Waals surface area (Å²) in [5.74, 6) is 2.88. The van der Waals surface area contributed by atoms with Gasteiger partial charge < -0.3 is 14.4 Å². The van der Waals surface area contributed by atoms with Crippen LogP contribution in [0.2, 0.25) is 0 Å². The molecule has 4 rings (SSSR count). The quantitative estimate of drug-likeness (QED) is 0.798. The van der Waals surface area contributed by atoms with Crippen LogP contribution in [0.3, 0.4) is 0 Å². The first kappa shape index (κ1) is 18.8. The summed E-state index contributed by atoms with van der Waals surface area (Å²) in [4.78, 5) is 16.8. The number of amides is 1. The minimum Gasteiger partial charge on any atom is -0.497 e. The van der Waals surface area contributed by atoms with Crippen LogP contribution in [0.25, 0.3) is 0 Å². The molecule has 1 amide bonds. The minimum atomic E-state index is 0.168. The zero-order valence-corrected chi connectivity index (χ0v) is 16.8. The van der Waals surface area contributed by atoms with E-state index in [0.717, 1.165) is 43.2 Å². The van der Waals surface area contributed by atoms with Gasteiger partial charge in [0.2, 0.25) is 5.91 Å². The summed E-state index contributed by atoms with van der Waals surface area (Å²) >= 11 is 0. The summed E-state index contributed by atoms with van der Waals surface area (Å²) in [5, 5.41) is 0. The lowest BCUT2D eigenvalue weighted by molar-refractivity contribution is -0.130. The first-order valence-corrected chi connectivity index (χ1v) is 9.86. The topological polar surface area (TPSA) is 42.0 Å². The van der Waals surface area contributed by atoms with E-state index in [1.54, 1.807) is 21.1 Å². The van der Waals surface area contributed by atoms with E-state index >= 15 is 0 Å². The standard InChI is InChI=1S/C23H28N2O3/c1-16(26)25-14-19-13-24(12-18-11-20(27-2)9-10-22(18)28-3)15-21(19)23(25)17-7-5-4-6-8-17/h4-11,19,21,23H,12-15H2,1-3H3/t19-,21-,23+/m1/s1. The number of likely N-dealkylation sites (tertiary alicyclic amines) is 2. The van der Waals surface area contributed by atoms with Gasteiger partial charge in [0, 0.05) is 44.6 Å². The highest BCUT2D eigenvalue weighted by atomic mass is 16.5. The highest BCUT2D eigenvalue weighted by molar-refractivity contribution is 5.74. The van der Waals surface area contributed by atoms with Gasteiger partial charge in [-0.3, -0.25) is 9.69 Å². The van der Waals surface area contributed by atoms with Crippen molar-refractivity contribution in [1.82, 2.24) is 9.80 Å². The summed E-state index contributed by atoms with van der Waals surface area (Å²) in [6, 6.07) is 16.6. The summed E-state index contributed by atoms with van der Waals surface area (Å²) in [6.45, 7) is 5.34. The van der Waals surface area contributed by atoms with Gasteiger partial charge in [-0.1, -0.05) is 30.3 Å². The molecule has 5 heteroatoms. The molecule has 0 aliphatic carbocycles. The molecule has 3 atom stereocenters. The molecule has 0 aromatic heterocycles. The molecule has 2 aromatic rings. The maximum absolute atomic E-state index is 12.3. The number of hydrogen-bond acceptors (Lipinski definition) is 4. The Morgan fingerprint density at radius 1 is 1.04 bits per heavy atom.